The van der Waals surface area contributed by atoms with Crippen molar-refractivity contribution in [3.8, 4) is 0 Å². The smallest absolute Gasteiger partial charge is 0.268 e. The van der Waals surface area contributed by atoms with Gasteiger partial charge in [0.05, 0.1) is 39.9 Å². The molecule has 0 saturated heterocycles. The van der Waals surface area contributed by atoms with Gasteiger partial charge in [-0.15, -0.1) is 0 Å². The SMILES string of the molecule is CCCCCCCCCCCC/C=C/C(O)C(COP(=O)([O-])OCC[N+](C)(C)C)NC(=O)CCCCCCCCCCCCCCCCCCCCCCCCCCCCCCCCCCCCCCCCCC. The summed E-state index contributed by atoms with van der Waals surface area (Å²) in [6, 6.07) is -0.881. The largest absolute Gasteiger partial charge is 0.756 e. The number of rotatable bonds is 62. The van der Waals surface area contributed by atoms with E-state index in [-0.39, 0.29) is 19.1 Å². The van der Waals surface area contributed by atoms with Crippen LogP contribution < -0.4 is 10.2 Å². The fraction of sp³-hybridized carbons (Fsp3) is 0.954. The summed E-state index contributed by atoms with van der Waals surface area (Å²) in [5, 5.41) is 13.9. The third-order valence-corrected chi connectivity index (χ3v) is 16.5. The van der Waals surface area contributed by atoms with E-state index >= 15 is 0 Å². The summed E-state index contributed by atoms with van der Waals surface area (Å²) in [5.74, 6) is -0.191. The summed E-state index contributed by atoms with van der Waals surface area (Å²) < 4.78 is 23.3. The maximum atomic E-state index is 13.0. The third-order valence-electron chi connectivity index (χ3n) is 15.5. The van der Waals surface area contributed by atoms with Crippen molar-refractivity contribution in [3.05, 3.63) is 12.2 Å². The van der Waals surface area contributed by atoms with Gasteiger partial charge >= 0.3 is 0 Å². The van der Waals surface area contributed by atoms with Crippen LogP contribution in [0.1, 0.15) is 348 Å². The van der Waals surface area contributed by atoms with Crippen LogP contribution >= 0.6 is 7.82 Å². The van der Waals surface area contributed by atoms with Crippen molar-refractivity contribution in [2.75, 3.05) is 40.9 Å². The number of quaternary nitrogens is 1. The molecule has 0 bridgehead atoms. The third kappa shape index (κ3) is 58.9. The van der Waals surface area contributed by atoms with Gasteiger partial charge in [0.15, 0.2) is 0 Å². The Kier molecular flexibility index (Phi) is 56.4. The number of carbonyl (C=O) groups is 1. The highest BCUT2D eigenvalue weighted by molar-refractivity contribution is 7.45. The number of likely N-dealkylation sites (N-methyl/N-ethyl adjacent to an activating group) is 1. The number of carbonyl (C=O) groups excluding carboxylic acids is 1. The van der Waals surface area contributed by atoms with Crippen LogP contribution in [0.25, 0.3) is 0 Å². The first-order valence-electron chi connectivity index (χ1n) is 33.1. The number of aliphatic hydroxyl groups excluding tert-OH is 1. The number of unbranched alkanes of at least 4 members (excludes halogenated alkanes) is 49. The summed E-state index contributed by atoms with van der Waals surface area (Å²) in [4.78, 5) is 25.5. The van der Waals surface area contributed by atoms with Gasteiger partial charge in [-0.3, -0.25) is 9.36 Å². The molecule has 0 aliphatic rings. The second-order valence-corrected chi connectivity index (χ2v) is 25.6. The summed E-state index contributed by atoms with van der Waals surface area (Å²) >= 11 is 0. The number of phosphoric ester groups is 1. The summed E-state index contributed by atoms with van der Waals surface area (Å²) in [6.07, 6.45) is 72.1. The average Bonchev–Trinajstić information content (AvgIpc) is 3.36. The number of hydrogen-bond acceptors (Lipinski definition) is 6. The fourth-order valence-electron chi connectivity index (χ4n) is 10.3. The molecule has 0 aromatic heterocycles. The number of nitrogens with one attached hydrogen (secondary N) is 1. The van der Waals surface area contributed by atoms with Gasteiger partial charge in [-0.1, -0.05) is 334 Å². The minimum absolute atomic E-state index is 0.00240. The van der Waals surface area contributed by atoms with Crippen LogP contribution in [0.5, 0.6) is 0 Å². The lowest BCUT2D eigenvalue weighted by molar-refractivity contribution is -0.870. The molecule has 0 aliphatic heterocycles. The molecule has 3 atom stereocenters. The monoisotopic (exact) mass is 1070 g/mol. The molecule has 0 radical (unpaired) electrons. The number of phosphoric acid groups is 1. The van der Waals surface area contributed by atoms with Crippen molar-refractivity contribution in [2.45, 2.75) is 360 Å². The number of hydrogen-bond donors (Lipinski definition) is 2. The lowest BCUT2D eigenvalue weighted by atomic mass is 10.0. The van der Waals surface area contributed by atoms with Crippen molar-refractivity contribution < 1.29 is 32.9 Å². The molecular weight excluding hydrogens is 936 g/mol. The van der Waals surface area contributed by atoms with Gasteiger partial charge in [-0.2, -0.15) is 0 Å². The van der Waals surface area contributed by atoms with E-state index in [1.54, 1.807) is 6.08 Å². The lowest BCUT2D eigenvalue weighted by Crippen LogP contribution is -2.45. The molecule has 442 valence electrons. The number of nitrogens with zero attached hydrogens (tertiary/aromatic N) is 1. The van der Waals surface area contributed by atoms with Crippen LogP contribution in [-0.2, 0) is 18.4 Å². The highest BCUT2D eigenvalue weighted by Crippen LogP contribution is 2.38. The van der Waals surface area contributed by atoms with Crippen molar-refractivity contribution in [2.24, 2.45) is 0 Å². The quantitative estimate of drug-likeness (QED) is 0.0272. The minimum Gasteiger partial charge on any atom is -0.756 e. The predicted molar refractivity (Wildman–Crippen MR) is 321 cm³/mol. The lowest BCUT2D eigenvalue weighted by Gasteiger charge is -2.29. The van der Waals surface area contributed by atoms with E-state index in [4.69, 9.17) is 9.05 Å². The fourth-order valence-corrected chi connectivity index (χ4v) is 11.1. The van der Waals surface area contributed by atoms with E-state index in [0.717, 1.165) is 38.5 Å². The van der Waals surface area contributed by atoms with Crippen molar-refractivity contribution in [1.82, 2.24) is 5.32 Å². The Morgan fingerprint density at radius 2 is 0.730 bits per heavy atom. The zero-order valence-electron chi connectivity index (χ0n) is 50.6. The Morgan fingerprint density at radius 1 is 0.459 bits per heavy atom. The molecule has 0 saturated carbocycles. The Balaban J connectivity index is 3.78. The second kappa shape index (κ2) is 56.9. The Labute approximate surface area is 462 Å². The Bertz CT molecular complexity index is 1210. The molecule has 74 heavy (non-hydrogen) atoms. The maximum absolute atomic E-state index is 13.0. The topological polar surface area (TPSA) is 108 Å². The zero-order chi connectivity index (χ0) is 54.2. The van der Waals surface area contributed by atoms with Gasteiger partial charge in [-0.25, -0.2) is 0 Å². The van der Waals surface area contributed by atoms with Gasteiger partial charge < -0.3 is 28.8 Å². The molecule has 0 spiro atoms. The molecule has 0 rings (SSSR count). The molecule has 0 heterocycles. The van der Waals surface area contributed by atoms with E-state index in [1.807, 2.05) is 27.2 Å². The zero-order valence-corrected chi connectivity index (χ0v) is 51.5. The van der Waals surface area contributed by atoms with Crippen molar-refractivity contribution in [1.29, 1.82) is 0 Å². The summed E-state index contributed by atoms with van der Waals surface area (Å²) in [7, 11) is 1.28. The van der Waals surface area contributed by atoms with Crippen LogP contribution in [0.3, 0.4) is 0 Å². The molecule has 0 fully saturated rings. The van der Waals surface area contributed by atoms with Crippen molar-refractivity contribution in [3.63, 3.8) is 0 Å². The average molecular weight is 1070 g/mol. The number of amides is 1. The van der Waals surface area contributed by atoms with Gasteiger partial charge in [0.1, 0.15) is 13.2 Å². The minimum atomic E-state index is -4.59. The molecule has 2 N–H and O–H groups in total. The molecular formula is C65H131N2O6P. The van der Waals surface area contributed by atoms with Crippen LogP contribution in [0.15, 0.2) is 12.2 Å². The highest BCUT2D eigenvalue weighted by Gasteiger charge is 2.23. The molecule has 0 aromatic carbocycles. The van der Waals surface area contributed by atoms with Crippen LogP contribution in [0, 0.1) is 0 Å². The van der Waals surface area contributed by atoms with Crippen LogP contribution in [-0.4, -0.2) is 68.5 Å². The van der Waals surface area contributed by atoms with E-state index in [2.05, 4.69) is 19.2 Å². The molecule has 0 aromatic rings. The van der Waals surface area contributed by atoms with Gasteiger partial charge in [-0.05, 0) is 19.3 Å². The first-order chi connectivity index (χ1) is 36.0. The summed E-state index contributed by atoms with van der Waals surface area (Å²) in [5.41, 5.74) is 0. The maximum Gasteiger partial charge on any atom is 0.268 e. The van der Waals surface area contributed by atoms with Gasteiger partial charge in [0, 0.05) is 6.42 Å². The van der Waals surface area contributed by atoms with Crippen LogP contribution in [0.4, 0.5) is 0 Å². The molecule has 8 nitrogen and oxygen atoms in total. The van der Waals surface area contributed by atoms with Crippen LogP contribution in [0.2, 0.25) is 0 Å². The van der Waals surface area contributed by atoms with Crippen molar-refractivity contribution >= 4 is 13.7 Å². The molecule has 3 unspecified atom stereocenters. The Hall–Kier alpha value is -0.760. The van der Waals surface area contributed by atoms with Gasteiger partial charge in [0.2, 0.25) is 5.91 Å². The molecule has 1 amide bonds. The number of aliphatic hydroxyl groups is 1. The highest BCUT2D eigenvalue weighted by atomic mass is 31.2. The second-order valence-electron chi connectivity index (χ2n) is 24.2. The molecule has 9 heteroatoms. The summed E-state index contributed by atoms with van der Waals surface area (Å²) in [6.45, 7) is 4.68. The van der Waals surface area contributed by atoms with Gasteiger partial charge in [0.25, 0.3) is 7.82 Å². The van der Waals surface area contributed by atoms with E-state index in [0.29, 0.717) is 17.4 Å². The first-order valence-corrected chi connectivity index (χ1v) is 34.5. The normalized spacial score (nSPS) is 13.8. The number of allylic oxidation sites excluding steroid dienone is 1. The molecule has 0 aliphatic carbocycles. The van der Waals surface area contributed by atoms with E-state index in [1.165, 1.54) is 289 Å². The standard InChI is InChI=1S/C65H131N2O6P/c1-6-8-10-12-14-16-18-20-21-22-23-24-25-26-27-28-29-30-31-32-33-34-35-36-37-38-39-40-41-42-43-44-45-46-47-49-51-53-55-57-59-65(69)66-63(62-73-74(70,71)72-61-60-67(3,4)5)64(68)58-56-54-52-50-48-19-17-15-13-11-9-7-2/h56,58,63-64,68H,6-55,57,59-62H2,1-5H3,(H-,66,69,70,71)/b58-56+. The first kappa shape index (κ1) is 73.2. The predicted octanol–water partition coefficient (Wildman–Crippen LogP) is 19.9. The Morgan fingerprint density at radius 3 is 1.01 bits per heavy atom. The van der Waals surface area contributed by atoms with E-state index in [9.17, 15) is 19.4 Å². The van der Waals surface area contributed by atoms with E-state index < -0.39 is 20.0 Å².